The molecule has 2 amide bonds. The molecule has 2 aromatic carbocycles. The summed E-state index contributed by atoms with van der Waals surface area (Å²) in [7, 11) is 0. The molecule has 430 valence electrons. The van der Waals surface area contributed by atoms with E-state index in [1.54, 1.807) is 120 Å². The Morgan fingerprint density at radius 2 is 1.00 bits per heavy atom. The molecule has 0 fully saturated rings. The molecule has 0 aliphatic carbocycles. The molecule has 8 bridgehead atoms. The molecule has 2 N–H and O–H groups in total. The molecular formula is C56H64F6N8O8S2. The van der Waals surface area contributed by atoms with Gasteiger partial charge in [0.25, 0.3) is 23.6 Å². The summed E-state index contributed by atoms with van der Waals surface area (Å²) in [5.41, 5.74) is -4.12. The molecule has 0 unspecified atom stereocenters. The number of anilines is 2. The van der Waals surface area contributed by atoms with E-state index in [1.165, 1.54) is 23.5 Å². The van der Waals surface area contributed by atoms with Gasteiger partial charge in [0, 0.05) is 5.75 Å². The Bertz CT molecular complexity index is 3080. The summed E-state index contributed by atoms with van der Waals surface area (Å²) >= 11 is 3.01. The third-order valence-corrected chi connectivity index (χ3v) is 14.4. The molecule has 0 spiro atoms. The topological polar surface area (TPSA) is 199 Å². The zero-order valence-electron chi connectivity index (χ0n) is 45.6. The summed E-state index contributed by atoms with van der Waals surface area (Å²) < 4.78 is 123. The number of hydrogen-bond donors (Lipinski definition) is 2. The van der Waals surface area contributed by atoms with Crippen molar-refractivity contribution in [2.75, 3.05) is 22.1 Å². The van der Waals surface area contributed by atoms with Crippen LogP contribution in [0.15, 0.2) is 104 Å². The SMILES string of the molecule is Cc1cc(NC(=O)OC(C)(C)C)c2nc1SCCC=CCC[C@](OCc1ccccc1)(C(F)(F)F)c1nnc-2o1.Cc1cc(NC(=O)OC(C)(C)C)c2nc1SCCCCCC[C@](OCc1ccccc1)(C(F)(F)F)c1nnc-2o1. The van der Waals surface area contributed by atoms with Crippen LogP contribution in [0.25, 0.3) is 23.2 Å². The van der Waals surface area contributed by atoms with Crippen molar-refractivity contribution in [2.45, 2.75) is 165 Å². The monoisotopic (exact) mass is 1150 g/mol. The van der Waals surface area contributed by atoms with Gasteiger partial charge in [0.2, 0.25) is 11.2 Å². The van der Waals surface area contributed by atoms with E-state index >= 15 is 0 Å². The van der Waals surface area contributed by atoms with E-state index in [1.807, 2.05) is 19.9 Å². The highest BCUT2D eigenvalue weighted by atomic mass is 32.2. The van der Waals surface area contributed by atoms with Crippen molar-refractivity contribution in [1.29, 1.82) is 0 Å². The van der Waals surface area contributed by atoms with Gasteiger partial charge in [-0.3, -0.25) is 10.6 Å². The Balaban J connectivity index is 0.000000231. The highest BCUT2D eigenvalue weighted by Gasteiger charge is 2.62. The van der Waals surface area contributed by atoms with Crippen LogP contribution in [-0.4, -0.2) is 77.6 Å². The lowest BCUT2D eigenvalue weighted by atomic mass is 9.94. The van der Waals surface area contributed by atoms with Crippen LogP contribution in [0, 0.1) is 13.8 Å². The van der Waals surface area contributed by atoms with Crippen LogP contribution in [0.4, 0.5) is 47.3 Å². The number of allylic oxidation sites excluding steroid dienone is 2. The van der Waals surface area contributed by atoms with Crippen molar-refractivity contribution >= 4 is 47.1 Å². The number of carbonyl (C=O) groups is 2. The van der Waals surface area contributed by atoms with Gasteiger partial charge in [-0.2, -0.15) is 26.3 Å². The van der Waals surface area contributed by atoms with Crippen molar-refractivity contribution in [2.24, 2.45) is 0 Å². The number of carbonyl (C=O) groups excluding carboxylic acids is 2. The molecule has 80 heavy (non-hydrogen) atoms. The average Bonchev–Trinajstić information content (AvgIpc) is 4.11. The number of benzene rings is 2. The Kier molecular flexibility index (Phi) is 19.8. The number of nitrogens with zero attached hydrogens (tertiary/aromatic N) is 6. The third kappa shape index (κ3) is 15.9. The molecule has 6 aromatic rings. The molecule has 0 saturated heterocycles. The molecule has 0 radical (unpaired) electrons. The quantitative estimate of drug-likeness (QED) is 0.108. The normalized spacial score (nSPS) is 18.4. The van der Waals surface area contributed by atoms with Crippen LogP contribution in [0.2, 0.25) is 0 Å². The summed E-state index contributed by atoms with van der Waals surface area (Å²) in [6.07, 6.45) is -5.44. The molecule has 8 rings (SSSR count). The van der Waals surface area contributed by atoms with Crippen LogP contribution in [0.5, 0.6) is 0 Å². The summed E-state index contributed by atoms with van der Waals surface area (Å²) in [5, 5.41) is 22.1. The second-order valence-corrected chi connectivity index (χ2v) is 23.1. The van der Waals surface area contributed by atoms with E-state index < -0.39 is 65.1 Å². The Morgan fingerprint density at radius 1 is 0.575 bits per heavy atom. The van der Waals surface area contributed by atoms with E-state index in [0.29, 0.717) is 39.8 Å². The molecule has 6 heterocycles. The van der Waals surface area contributed by atoms with Crippen molar-refractivity contribution in [1.82, 2.24) is 30.4 Å². The first-order valence-electron chi connectivity index (χ1n) is 25.9. The van der Waals surface area contributed by atoms with Crippen molar-refractivity contribution in [3.8, 4) is 23.2 Å². The van der Waals surface area contributed by atoms with Gasteiger partial charge in [0.15, 0.2) is 11.4 Å². The zero-order valence-corrected chi connectivity index (χ0v) is 47.2. The van der Waals surface area contributed by atoms with Crippen LogP contribution < -0.4 is 10.6 Å². The average molecular weight is 1160 g/mol. The number of thioether (sulfide) groups is 2. The Hall–Kier alpha value is -6.50. The second-order valence-electron chi connectivity index (χ2n) is 20.9. The summed E-state index contributed by atoms with van der Waals surface area (Å²) in [6, 6.07) is 20.5. The summed E-state index contributed by atoms with van der Waals surface area (Å²) in [6.45, 7) is 13.3. The Labute approximate surface area is 468 Å². The lowest BCUT2D eigenvalue weighted by Crippen LogP contribution is -2.45. The van der Waals surface area contributed by atoms with Crippen molar-refractivity contribution in [3.05, 3.63) is 119 Å². The van der Waals surface area contributed by atoms with Gasteiger partial charge in [0.05, 0.1) is 29.6 Å². The number of nitrogens with one attached hydrogen (secondary N) is 2. The fourth-order valence-corrected chi connectivity index (χ4v) is 10.1. The Morgan fingerprint density at radius 3 is 1.45 bits per heavy atom. The molecule has 16 nitrogen and oxygen atoms in total. The van der Waals surface area contributed by atoms with Crippen LogP contribution in [0.1, 0.15) is 127 Å². The lowest BCUT2D eigenvalue weighted by Gasteiger charge is -2.32. The number of aryl methyl sites for hydroxylation is 2. The number of hydrogen-bond acceptors (Lipinski definition) is 16. The van der Waals surface area contributed by atoms with E-state index in [9.17, 15) is 35.9 Å². The number of aromatic nitrogens is 6. The van der Waals surface area contributed by atoms with E-state index in [2.05, 4.69) is 41.0 Å². The first-order chi connectivity index (χ1) is 37.8. The predicted molar refractivity (Wildman–Crippen MR) is 290 cm³/mol. The lowest BCUT2D eigenvalue weighted by molar-refractivity contribution is -0.300. The van der Waals surface area contributed by atoms with Gasteiger partial charge in [-0.1, -0.05) is 85.7 Å². The number of alkyl halides is 6. The van der Waals surface area contributed by atoms with E-state index in [4.69, 9.17) is 27.8 Å². The second kappa shape index (κ2) is 26.0. The third-order valence-electron chi connectivity index (χ3n) is 12.1. The number of fused-ring (bicyclic) bond motifs is 10. The van der Waals surface area contributed by atoms with Crippen molar-refractivity contribution < 1.29 is 63.7 Å². The molecule has 4 aromatic heterocycles. The van der Waals surface area contributed by atoms with Gasteiger partial charge >= 0.3 is 24.5 Å². The zero-order chi connectivity index (χ0) is 57.9. The number of amides is 2. The minimum absolute atomic E-state index is 0.0319. The largest absolute Gasteiger partial charge is 0.444 e. The molecule has 0 saturated carbocycles. The molecule has 2 aliphatic heterocycles. The first-order valence-corrected chi connectivity index (χ1v) is 27.8. The predicted octanol–water partition coefficient (Wildman–Crippen LogP) is 15.4. The van der Waals surface area contributed by atoms with Gasteiger partial charge in [-0.05, 0) is 134 Å². The van der Waals surface area contributed by atoms with Crippen molar-refractivity contribution in [3.63, 3.8) is 0 Å². The first kappa shape index (κ1) is 61.1. The smallest absolute Gasteiger partial charge is 0.426 e. The molecular weight excluding hydrogens is 1090 g/mol. The minimum atomic E-state index is -4.88. The minimum Gasteiger partial charge on any atom is -0.444 e. The standard InChI is InChI=1S/C28H33F3N4O4S.C28H31F3N4O4S/c2*1-18-16-20(32-25(36)39-26(2,3)4)21-22-34-35-24(38-22)27(28(29,30)31,37-17-19-12-8-7-9-13-19)14-10-5-6-11-15-40-23(18)33-21/h7-9,12-13,16H,5-6,10-11,14-15,17H2,1-4H3,(H,32,36);5-9,12-13,16H,10-11,14-15,17H2,1-4H3,(H,32,36)/t2*27-/m11/s1. The number of rotatable bonds is 8. The fourth-order valence-electron chi connectivity index (χ4n) is 8.27. The van der Waals surface area contributed by atoms with Gasteiger partial charge in [-0.15, -0.1) is 43.9 Å². The number of halogens is 6. The van der Waals surface area contributed by atoms with Gasteiger partial charge in [0.1, 0.15) is 16.2 Å². The maximum Gasteiger partial charge on any atom is 0.426 e. The highest BCUT2D eigenvalue weighted by molar-refractivity contribution is 7.99. The van der Waals surface area contributed by atoms with Crippen LogP contribution >= 0.6 is 23.5 Å². The van der Waals surface area contributed by atoms with Crippen LogP contribution in [-0.2, 0) is 43.4 Å². The maximum absolute atomic E-state index is 14.9. The summed E-state index contributed by atoms with van der Waals surface area (Å²) in [5.74, 6) is -0.619. The molecule has 24 heteroatoms. The van der Waals surface area contributed by atoms with E-state index in [0.717, 1.165) is 29.7 Å². The van der Waals surface area contributed by atoms with Crippen LogP contribution in [0.3, 0.4) is 0 Å². The number of pyridine rings is 2. The fraction of sp³-hybridized carbons (Fsp3) is 0.464. The molecule has 2 atom stereocenters. The molecule has 2 aliphatic rings. The number of ether oxygens (including phenoxy) is 4. The van der Waals surface area contributed by atoms with E-state index in [-0.39, 0.29) is 67.0 Å². The summed E-state index contributed by atoms with van der Waals surface area (Å²) in [4.78, 5) is 34.4. The highest BCUT2D eigenvalue weighted by Crippen LogP contribution is 2.49. The van der Waals surface area contributed by atoms with Gasteiger partial charge in [-0.25, -0.2) is 19.6 Å². The van der Waals surface area contributed by atoms with Gasteiger partial charge < -0.3 is 27.8 Å². The maximum atomic E-state index is 14.9.